The van der Waals surface area contributed by atoms with Gasteiger partial charge in [-0.1, -0.05) is 23.5 Å². The highest BCUT2D eigenvalue weighted by atomic mass is 32.1. The minimum atomic E-state index is -0.495. The van der Waals surface area contributed by atoms with Gasteiger partial charge in [-0.05, 0) is 37.6 Å². The Bertz CT molecular complexity index is 1270. The molecule has 0 bridgehead atoms. The number of aromatic nitrogens is 4. The van der Waals surface area contributed by atoms with Crippen molar-refractivity contribution in [2.24, 2.45) is 0 Å². The van der Waals surface area contributed by atoms with Crippen LogP contribution in [0, 0.1) is 12.7 Å². The summed E-state index contributed by atoms with van der Waals surface area (Å²) in [5.74, 6) is -0.869. The third-order valence-electron chi connectivity index (χ3n) is 4.46. The topological polar surface area (TPSA) is 98.2 Å². The molecule has 3 heterocycles. The molecule has 0 radical (unpaired) electrons. The van der Waals surface area contributed by atoms with Gasteiger partial charge in [0.25, 0.3) is 5.91 Å². The van der Waals surface area contributed by atoms with Crippen LogP contribution in [0.25, 0.3) is 10.8 Å². The van der Waals surface area contributed by atoms with Crippen LogP contribution in [0.3, 0.4) is 0 Å². The van der Waals surface area contributed by atoms with Crippen molar-refractivity contribution in [3.8, 4) is 10.8 Å². The van der Waals surface area contributed by atoms with Gasteiger partial charge in [-0.3, -0.25) is 9.69 Å². The average Bonchev–Trinajstić information content (AvgIpc) is 3.46. The maximum absolute atomic E-state index is 13.5. The molecule has 4 rings (SSSR count). The van der Waals surface area contributed by atoms with Crippen LogP contribution in [0.15, 0.2) is 48.1 Å². The van der Waals surface area contributed by atoms with E-state index >= 15 is 0 Å². The molecule has 0 aliphatic carbocycles. The zero-order valence-corrected chi connectivity index (χ0v) is 19.3. The van der Waals surface area contributed by atoms with Gasteiger partial charge in [0, 0.05) is 17.8 Å². The number of nitrogens with zero attached hydrogens (tertiary/aromatic N) is 5. The van der Waals surface area contributed by atoms with Crippen molar-refractivity contribution in [3.05, 3.63) is 75.8 Å². The lowest BCUT2D eigenvalue weighted by molar-refractivity contribution is 0.0531. The van der Waals surface area contributed by atoms with Crippen LogP contribution in [-0.2, 0) is 11.3 Å². The fourth-order valence-corrected chi connectivity index (χ4v) is 4.60. The van der Waals surface area contributed by atoms with E-state index in [1.165, 1.54) is 28.4 Å². The van der Waals surface area contributed by atoms with Crippen LogP contribution < -0.4 is 4.90 Å². The lowest BCUT2D eigenvalue weighted by atomic mass is 10.2. The van der Waals surface area contributed by atoms with Gasteiger partial charge in [0.2, 0.25) is 0 Å². The number of thiazole rings is 2. The smallest absolute Gasteiger partial charge is 0.350 e. The molecule has 0 aliphatic heterocycles. The van der Waals surface area contributed by atoms with E-state index in [-0.39, 0.29) is 24.7 Å². The molecule has 4 aromatic rings. The summed E-state index contributed by atoms with van der Waals surface area (Å²) < 4.78 is 18.5. The number of carbonyl (C=O) groups is 2. The molecule has 0 atom stereocenters. The Morgan fingerprint density at radius 2 is 1.85 bits per heavy atom. The number of anilines is 1. The molecule has 3 aromatic heterocycles. The highest BCUT2D eigenvalue weighted by Gasteiger charge is 2.27. The molecule has 168 valence electrons. The van der Waals surface area contributed by atoms with E-state index in [9.17, 15) is 14.0 Å². The van der Waals surface area contributed by atoms with Gasteiger partial charge < -0.3 is 4.74 Å². The maximum Gasteiger partial charge on any atom is 0.350 e. The molecular formula is C22H18FN5O3S2. The summed E-state index contributed by atoms with van der Waals surface area (Å²) in [6, 6.07) is 7.52. The van der Waals surface area contributed by atoms with E-state index < -0.39 is 11.9 Å². The Labute approximate surface area is 196 Å². The Hall–Kier alpha value is -3.57. The summed E-state index contributed by atoms with van der Waals surface area (Å²) in [5.41, 5.74) is 1.34. The number of rotatable bonds is 7. The molecule has 0 saturated heterocycles. The molecule has 0 fully saturated rings. The number of benzene rings is 1. The Morgan fingerprint density at radius 1 is 1.12 bits per heavy atom. The Morgan fingerprint density at radius 3 is 2.55 bits per heavy atom. The summed E-state index contributed by atoms with van der Waals surface area (Å²) in [5, 5.41) is 2.44. The maximum atomic E-state index is 13.5. The molecule has 8 nitrogen and oxygen atoms in total. The molecule has 11 heteroatoms. The number of hydrogen-bond donors (Lipinski definition) is 0. The molecule has 1 aromatic carbocycles. The van der Waals surface area contributed by atoms with Gasteiger partial charge in [0.15, 0.2) is 16.0 Å². The van der Waals surface area contributed by atoms with Crippen LogP contribution in [0.4, 0.5) is 9.52 Å². The van der Waals surface area contributed by atoms with Crippen LogP contribution >= 0.6 is 22.7 Å². The summed E-state index contributed by atoms with van der Waals surface area (Å²) >= 11 is 2.31. The first-order valence-corrected chi connectivity index (χ1v) is 11.6. The molecule has 1 amide bonds. The number of esters is 1. The minimum absolute atomic E-state index is 0.114. The number of aryl methyl sites for hydroxylation is 1. The number of hydrogen-bond acceptors (Lipinski definition) is 9. The Balaban J connectivity index is 1.69. The largest absolute Gasteiger partial charge is 0.462 e. The second-order valence-electron chi connectivity index (χ2n) is 6.76. The van der Waals surface area contributed by atoms with Crippen molar-refractivity contribution in [2.75, 3.05) is 11.5 Å². The highest BCUT2D eigenvalue weighted by Crippen LogP contribution is 2.30. The molecule has 0 unspecified atom stereocenters. The highest BCUT2D eigenvalue weighted by molar-refractivity contribution is 7.17. The monoisotopic (exact) mass is 483 g/mol. The van der Waals surface area contributed by atoms with Gasteiger partial charge in [0.05, 0.1) is 18.8 Å². The number of carbonyl (C=O) groups excluding carboxylic acids is 2. The minimum Gasteiger partial charge on any atom is -0.462 e. The van der Waals surface area contributed by atoms with Crippen LogP contribution in [0.2, 0.25) is 0 Å². The zero-order chi connectivity index (χ0) is 23.4. The quantitative estimate of drug-likeness (QED) is 0.356. The van der Waals surface area contributed by atoms with Gasteiger partial charge in [0.1, 0.15) is 16.4 Å². The van der Waals surface area contributed by atoms with Gasteiger partial charge >= 0.3 is 5.97 Å². The third kappa shape index (κ3) is 5.10. The second-order valence-corrected chi connectivity index (χ2v) is 8.60. The van der Waals surface area contributed by atoms with E-state index in [1.807, 2.05) is 0 Å². The summed E-state index contributed by atoms with van der Waals surface area (Å²) in [4.78, 5) is 44.7. The zero-order valence-electron chi connectivity index (χ0n) is 17.7. The predicted octanol–water partition coefficient (Wildman–Crippen LogP) is 4.53. The summed E-state index contributed by atoms with van der Waals surface area (Å²) in [6.45, 7) is 3.74. The first-order valence-electron chi connectivity index (χ1n) is 9.90. The van der Waals surface area contributed by atoms with Gasteiger partial charge in [-0.2, -0.15) is 0 Å². The SMILES string of the molecule is CCOC(=O)c1sc(N(Cc2ccc(F)cc2)C(=O)c2csc(-c3ncccn3)n2)nc1C. The van der Waals surface area contributed by atoms with Crippen molar-refractivity contribution in [3.63, 3.8) is 0 Å². The van der Waals surface area contributed by atoms with Crippen molar-refractivity contribution in [1.82, 2.24) is 19.9 Å². The normalized spacial score (nSPS) is 10.8. The van der Waals surface area contributed by atoms with Crippen LogP contribution in [0.1, 0.15) is 38.3 Å². The standard InChI is InChI=1S/C22H18FN5O3S2/c1-3-31-21(30)17-13(2)26-22(33-17)28(11-14-5-7-15(23)8-6-14)20(29)16-12-32-19(27-16)18-24-9-4-10-25-18/h4-10,12H,3,11H2,1-2H3. The van der Waals surface area contributed by atoms with E-state index in [0.717, 1.165) is 11.3 Å². The van der Waals surface area contributed by atoms with E-state index in [1.54, 1.807) is 49.8 Å². The number of ether oxygens (including phenoxy) is 1. The lowest BCUT2D eigenvalue weighted by Gasteiger charge is -2.19. The number of halogens is 1. The van der Waals surface area contributed by atoms with Crippen LogP contribution in [-0.4, -0.2) is 38.4 Å². The van der Waals surface area contributed by atoms with E-state index in [0.29, 0.717) is 32.1 Å². The fourth-order valence-electron chi connectivity index (χ4n) is 2.90. The lowest BCUT2D eigenvalue weighted by Crippen LogP contribution is -2.30. The van der Waals surface area contributed by atoms with Crippen molar-refractivity contribution < 1.29 is 18.7 Å². The molecule has 0 spiro atoms. The van der Waals surface area contributed by atoms with Crippen molar-refractivity contribution in [2.45, 2.75) is 20.4 Å². The summed E-state index contributed by atoms with van der Waals surface area (Å²) in [6.07, 6.45) is 3.20. The first-order chi connectivity index (χ1) is 16.0. The molecular weight excluding hydrogens is 465 g/mol. The van der Waals surface area contributed by atoms with Gasteiger partial charge in [-0.25, -0.2) is 29.1 Å². The van der Waals surface area contributed by atoms with E-state index in [4.69, 9.17) is 4.74 Å². The fraction of sp³-hybridized carbons (Fsp3) is 0.182. The molecule has 0 saturated carbocycles. The second kappa shape index (κ2) is 9.92. The van der Waals surface area contributed by atoms with Crippen molar-refractivity contribution in [1.29, 1.82) is 0 Å². The number of amides is 1. The molecule has 0 N–H and O–H groups in total. The van der Waals surface area contributed by atoms with E-state index in [2.05, 4.69) is 19.9 Å². The third-order valence-corrected chi connectivity index (χ3v) is 6.46. The van der Waals surface area contributed by atoms with Gasteiger partial charge in [-0.15, -0.1) is 11.3 Å². The van der Waals surface area contributed by atoms with Crippen LogP contribution in [0.5, 0.6) is 0 Å². The average molecular weight is 484 g/mol. The Kier molecular flexibility index (Phi) is 6.80. The predicted molar refractivity (Wildman–Crippen MR) is 123 cm³/mol. The molecule has 33 heavy (non-hydrogen) atoms. The molecule has 0 aliphatic rings. The van der Waals surface area contributed by atoms with Crippen molar-refractivity contribution >= 4 is 39.7 Å². The first kappa shape index (κ1) is 22.6. The summed E-state index contributed by atoms with van der Waals surface area (Å²) in [7, 11) is 0.